The number of pyridine rings is 1. The predicted octanol–water partition coefficient (Wildman–Crippen LogP) is 5.11. The summed E-state index contributed by atoms with van der Waals surface area (Å²) >= 11 is 0. The number of rotatable bonds is 5. The van der Waals surface area contributed by atoms with E-state index in [2.05, 4.69) is 4.98 Å². The van der Waals surface area contributed by atoms with Crippen LogP contribution in [-0.4, -0.2) is 28.3 Å². The molecular weight excluding hydrogens is 446 g/mol. The summed E-state index contributed by atoms with van der Waals surface area (Å²) in [7, 11) is 1.28. The van der Waals surface area contributed by atoms with Crippen molar-refractivity contribution in [1.29, 1.82) is 0 Å². The normalized spacial score (nSPS) is 12.0. The smallest absolute Gasteiger partial charge is 0.306 e. The van der Waals surface area contributed by atoms with Crippen LogP contribution in [0.4, 0.5) is 0 Å². The largest absolute Gasteiger partial charge is 0.507 e. The van der Waals surface area contributed by atoms with Gasteiger partial charge in [-0.15, -0.1) is 0 Å². The molecule has 3 aromatic carbocycles. The molecule has 0 saturated carbocycles. The van der Waals surface area contributed by atoms with Crippen molar-refractivity contribution in [3.8, 4) is 22.8 Å². The van der Waals surface area contributed by atoms with Gasteiger partial charge in [0.2, 0.25) is 0 Å². The molecule has 174 valence electrons. The third-order valence-electron chi connectivity index (χ3n) is 6.04. The van der Waals surface area contributed by atoms with E-state index in [0.29, 0.717) is 16.6 Å². The Hall–Kier alpha value is -4.65. The monoisotopic (exact) mass is 467 g/mol. The molecule has 0 unspecified atom stereocenters. The molecule has 0 radical (unpaired) electrons. The Labute approximate surface area is 199 Å². The van der Waals surface area contributed by atoms with Crippen molar-refractivity contribution in [3.63, 3.8) is 0 Å². The van der Waals surface area contributed by atoms with Gasteiger partial charge in [0.25, 0.3) is 0 Å². The molecule has 0 aliphatic rings. The fraction of sp³-hybridized carbons (Fsp3) is 0.107. The molecule has 2 N–H and O–H groups in total. The lowest BCUT2D eigenvalue weighted by Crippen LogP contribution is -2.13. The first kappa shape index (κ1) is 22.2. The molecule has 0 fully saturated rings. The molecular formula is C28H21NO6. The highest BCUT2D eigenvalue weighted by molar-refractivity contribution is 5.92. The van der Waals surface area contributed by atoms with E-state index in [4.69, 9.17) is 9.15 Å². The molecule has 0 spiro atoms. The number of phenols is 2. The number of para-hydroxylation sites is 1. The molecule has 2 aromatic heterocycles. The van der Waals surface area contributed by atoms with Crippen LogP contribution in [0.1, 0.15) is 23.5 Å². The average molecular weight is 467 g/mol. The third-order valence-corrected chi connectivity index (χ3v) is 6.04. The summed E-state index contributed by atoms with van der Waals surface area (Å²) in [4.78, 5) is 30.1. The second-order valence-electron chi connectivity index (χ2n) is 8.13. The van der Waals surface area contributed by atoms with E-state index in [0.717, 1.165) is 11.5 Å². The van der Waals surface area contributed by atoms with Crippen LogP contribution in [0.3, 0.4) is 0 Å². The topological polar surface area (TPSA) is 110 Å². The molecule has 0 bridgehead atoms. The van der Waals surface area contributed by atoms with Gasteiger partial charge < -0.3 is 19.4 Å². The van der Waals surface area contributed by atoms with E-state index in [1.165, 1.54) is 13.2 Å². The van der Waals surface area contributed by atoms with Crippen molar-refractivity contribution < 1.29 is 24.2 Å². The van der Waals surface area contributed by atoms with Gasteiger partial charge in [-0.1, -0.05) is 54.6 Å². The van der Waals surface area contributed by atoms with E-state index >= 15 is 0 Å². The lowest BCUT2D eigenvalue weighted by Gasteiger charge is -2.21. The molecule has 0 aliphatic heterocycles. The summed E-state index contributed by atoms with van der Waals surface area (Å²) in [6.07, 6.45) is 1.49. The maximum atomic E-state index is 13.1. The van der Waals surface area contributed by atoms with Crippen LogP contribution in [-0.2, 0) is 9.53 Å². The highest BCUT2D eigenvalue weighted by Crippen LogP contribution is 2.44. The maximum Gasteiger partial charge on any atom is 0.306 e. The van der Waals surface area contributed by atoms with Crippen molar-refractivity contribution in [3.05, 3.63) is 100 Å². The SMILES string of the molecule is COC(=O)C[C@@H](c1cccc2cccnc12)c1c(O)cc(O)c2c(=O)cc(-c3ccccc3)oc12. The minimum absolute atomic E-state index is 0.00399. The van der Waals surface area contributed by atoms with E-state index in [1.807, 2.05) is 36.4 Å². The van der Waals surface area contributed by atoms with Gasteiger partial charge >= 0.3 is 5.97 Å². The lowest BCUT2D eigenvalue weighted by atomic mass is 9.85. The van der Waals surface area contributed by atoms with Gasteiger partial charge in [-0.05, 0) is 11.6 Å². The van der Waals surface area contributed by atoms with Gasteiger partial charge in [0.15, 0.2) is 5.43 Å². The van der Waals surface area contributed by atoms with Crippen LogP contribution in [0, 0.1) is 0 Å². The quantitative estimate of drug-likeness (QED) is 0.346. The Kier molecular flexibility index (Phi) is 5.66. The molecule has 0 saturated heterocycles. The van der Waals surface area contributed by atoms with Gasteiger partial charge in [-0.25, -0.2) is 0 Å². The van der Waals surface area contributed by atoms with Gasteiger partial charge in [-0.2, -0.15) is 0 Å². The van der Waals surface area contributed by atoms with E-state index in [9.17, 15) is 19.8 Å². The average Bonchev–Trinajstić information content (AvgIpc) is 2.87. The van der Waals surface area contributed by atoms with Crippen LogP contribution in [0.5, 0.6) is 11.5 Å². The molecule has 35 heavy (non-hydrogen) atoms. The minimum atomic E-state index is -0.779. The third kappa shape index (κ3) is 3.97. The lowest BCUT2D eigenvalue weighted by molar-refractivity contribution is -0.140. The highest BCUT2D eigenvalue weighted by Gasteiger charge is 2.29. The number of hydrogen-bond acceptors (Lipinski definition) is 7. The number of methoxy groups -OCH3 is 1. The van der Waals surface area contributed by atoms with Crippen LogP contribution in [0.25, 0.3) is 33.2 Å². The number of nitrogens with zero attached hydrogens (tertiary/aromatic N) is 1. The first-order chi connectivity index (χ1) is 17.0. The van der Waals surface area contributed by atoms with E-state index in [-0.39, 0.29) is 34.5 Å². The molecule has 1 atom stereocenters. The van der Waals surface area contributed by atoms with Crippen LogP contribution in [0.15, 0.2) is 88.2 Å². The molecule has 7 nitrogen and oxygen atoms in total. The van der Waals surface area contributed by atoms with E-state index < -0.39 is 23.1 Å². The Morgan fingerprint density at radius 2 is 1.77 bits per heavy atom. The molecule has 7 heteroatoms. The highest BCUT2D eigenvalue weighted by atomic mass is 16.5. The number of aromatic nitrogens is 1. The Morgan fingerprint density at radius 1 is 1.00 bits per heavy atom. The van der Waals surface area contributed by atoms with E-state index in [1.54, 1.807) is 30.5 Å². The van der Waals surface area contributed by atoms with Gasteiger partial charge in [-0.3, -0.25) is 14.6 Å². The fourth-order valence-electron chi connectivity index (χ4n) is 4.43. The molecule has 5 rings (SSSR count). The summed E-state index contributed by atoms with van der Waals surface area (Å²) in [6, 6.07) is 20.6. The molecule has 0 amide bonds. The zero-order valence-corrected chi connectivity index (χ0v) is 18.8. The number of esters is 1. The number of carbonyl (C=O) groups is 1. The number of aromatic hydroxyl groups is 2. The first-order valence-electron chi connectivity index (χ1n) is 11.0. The van der Waals surface area contributed by atoms with Gasteiger partial charge in [0.05, 0.1) is 19.0 Å². The van der Waals surface area contributed by atoms with Crippen LogP contribution in [0.2, 0.25) is 0 Å². The fourth-order valence-corrected chi connectivity index (χ4v) is 4.43. The molecule has 0 aliphatic carbocycles. The van der Waals surface area contributed by atoms with Crippen molar-refractivity contribution in [2.75, 3.05) is 7.11 Å². The predicted molar refractivity (Wildman–Crippen MR) is 131 cm³/mol. The number of phenolic OH excluding ortho intramolecular Hbond substituents is 2. The van der Waals surface area contributed by atoms with Crippen molar-refractivity contribution in [2.24, 2.45) is 0 Å². The zero-order chi connectivity index (χ0) is 24.5. The number of hydrogen-bond donors (Lipinski definition) is 2. The summed E-state index contributed by atoms with van der Waals surface area (Å²) < 4.78 is 11.1. The summed E-state index contributed by atoms with van der Waals surface area (Å²) in [5.41, 5.74) is 1.63. The maximum absolute atomic E-state index is 13.1. The second kappa shape index (κ2) is 8.95. The number of carbonyl (C=O) groups excluding carboxylic acids is 1. The Balaban J connectivity index is 1.86. The van der Waals surface area contributed by atoms with Crippen molar-refractivity contribution in [2.45, 2.75) is 12.3 Å². The van der Waals surface area contributed by atoms with Crippen LogP contribution < -0.4 is 5.43 Å². The van der Waals surface area contributed by atoms with Crippen molar-refractivity contribution in [1.82, 2.24) is 4.98 Å². The number of fused-ring (bicyclic) bond motifs is 2. The summed E-state index contributed by atoms with van der Waals surface area (Å²) in [5, 5.41) is 22.3. The van der Waals surface area contributed by atoms with Crippen LogP contribution >= 0.6 is 0 Å². The standard InChI is InChI=1S/C28H21NO6/c1-34-24(33)13-19(18-11-5-9-17-10-6-12-29-27(17)18)25-20(30)14-21(31)26-22(32)15-23(35-28(25)26)16-7-3-2-4-8-16/h2-12,14-15,19,30-31H,13H2,1H3/t19-/m0/s1. The zero-order valence-electron chi connectivity index (χ0n) is 18.8. The number of ether oxygens (including phenoxy) is 1. The van der Waals surface area contributed by atoms with Gasteiger partial charge in [0, 0.05) is 40.8 Å². The summed E-state index contributed by atoms with van der Waals surface area (Å²) in [6.45, 7) is 0. The number of benzene rings is 3. The Bertz CT molecular complexity index is 1620. The molecule has 2 heterocycles. The van der Waals surface area contributed by atoms with Crippen molar-refractivity contribution >= 4 is 27.8 Å². The molecule has 5 aromatic rings. The van der Waals surface area contributed by atoms with Gasteiger partial charge in [0.1, 0.15) is 28.2 Å². The second-order valence-corrected chi connectivity index (χ2v) is 8.13. The minimum Gasteiger partial charge on any atom is -0.507 e. The summed E-state index contributed by atoms with van der Waals surface area (Å²) in [5.74, 6) is -1.77. The Morgan fingerprint density at radius 3 is 2.54 bits per heavy atom. The first-order valence-corrected chi connectivity index (χ1v) is 11.0.